The maximum absolute atomic E-state index is 13.7. The number of nitrogens with one attached hydrogen (secondary N) is 2. The summed E-state index contributed by atoms with van der Waals surface area (Å²) in [4.78, 5) is 21.5. The molecule has 1 saturated heterocycles. The molecule has 0 amide bonds. The highest BCUT2D eigenvalue weighted by Gasteiger charge is 2.39. The fraction of sp³-hybridized carbons (Fsp3) is 0.417. The topological polar surface area (TPSA) is 61.0 Å². The van der Waals surface area contributed by atoms with Crippen LogP contribution >= 0.6 is 23.2 Å². The van der Waals surface area contributed by atoms with Crippen LogP contribution < -0.4 is 10.2 Å². The molecule has 4 rings (SSSR count). The van der Waals surface area contributed by atoms with Crippen molar-refractivity contribution >= 4 is 57.3 Å². The molecule has 0 bridgehead atoms. The summed E-state index contributed by atoms with van der Waals surface area (Å²) in [5.41, 5.74) is 3.10. The number of hydrogen-bond acceptors (Lipinski definition) is 4. The van der Waals surface area contributed by atoms with Gasteiger partial charge < -0.3 is 15.2 Å². The normalized spacial score (nSPS) is 15.9. The number of H-pyrrole nitrogens is 1. The first-order valence-electron chi connectivity index (χ1n) is 10.8. The predicted molar refractivity (Wildman–Crippen MR) is 130 cm³/mol. The van der Waals surface area contributed by atoms with E-state index in [0.717, 1.165) is 5.56 Å². The number of nitrogens with zero attached hydrogens (tertiary/aromatic N) is 2. The van der Waals surface area contributed by atoms with Crippen molar-refractivity contribution in [1.82, 2.24) is 9.97 Å². The summed E-state index contributed by atoms with van der Waals surface area (Å²) in [5.74, 6) is -2.06. The lowest BCUT2D eigenvalue weighted by Gasteiger charge is -2.19. The van der Waals surface area contributed by atoms with Crippen molar-refractivity contribution in [1.29, 1.82) is 0 Å². The molecule has 33 heavy (non-hydrogen) atoms. The molecule has 1 aliphatic rings. The Hall–Kier alpha value is -2.38. The average molecular weight is 495 g/mol. The summed E-state index contributed by atoms with van der Waals surface area (Å²) >= 11 is 12.8. The Morgan fingerprint density at radius 1 is 1.21 bits per heavy atom. The van der Waals surface area contributed by atoms with Gasteiger partial charge in [0, 0.05) is 24.8 Å². The van der Waals surface area contributed by atoms with E-state index in [0.29, 0.717) is 51.2 Å². The lowest BCUT2D eigenvalue weighted by molar-refractivity contribution is -0.126. The second-order valence-electron chi connectivity index (χ2n) is 9.55. The Morgan fingerprint density at radius 2 is 1.97 bits per heavy atom. The molecule has 2 heterocycles. The summed E-state index contributed by atoms with van der Waals surface area (Å²) < 4.78 is 27.3. The van der Waals surface area contributed by atoms with Crippen molar-refractivity contribution in [2.45, 2.75) is 46.0 Å². The van der Waals surface area contributed by atoms with E-state index in [1.54, 1.807) is 23.1 Å². The van der Waals surface area contributed by atoms with Crippen LogP contribution in [0.3, 0.4) is 0 Å². The van der Waals surface area contributed by atoms with Gasteiger partial charge in [-0.15, -0.1) is 0 Å². The number of alkyl halides is 2. The zero-order chi connectivity index (χ0) is 24.0. The molecule has 176 valence electrons. The number of ketones is 1. The van der Waals surface area contributed by atoms with E-state index in [1.165, 1.54) is 0 Å². The van der Waals surface area contributed by atoms with E-state index in [2.05, 4.69) is 15.3 Å². The second kappa shape index (κ2) is 8.76. The molecular formula is C24H26Cl2F2N4O. The number of imidazole rings is 1. The van der Waals surface area contributed by atoms with Crippen LogP contribution in [0.15, 0.2) is 30.3 Å². The van der Waals surface area contributed by atoms with Gasteiger partial charge in [-0.05, 0) is 36.2 Å². The van der Waals surface area contributed by atoms with Crippen molar-refractivity contribution < 1.29 is 13.6 Å². The molecule has 3 aromatic rings. The first-order valence-corrected chi connectivity index (χ1v) is 11.6. The van der Waals surface area contributed by atoms with Gasteiger partial charge in [0.2, 0.25) is 5.95 Å². The molecule has 0 radical (unpaired) electrons. The maximum atomic E-state index is 13.7. The molecule has 2 aromatic carbocycles. The molecule has 1 aliphatic heterocycles. The van der Waals surface area contributed by atoms with Crippen molar-refractivity contribution in [3.63, 3.8) is 0 Å². The van der Waals surface area contributed by atoms with E-state index in [1.807, 2.05) is 32.9 Å². The Kier molecular flexibility index (Phi) is 6.31. The number of aromatic amines is 1. The average Bonchev–Trinajstić information content (AvgIpc) is 3.28. The number of anilines is 3. The molecule has 0 unspecified atom stereocenters. The lowest BCUT2D eigenvalue weighted by atomic mass is 9.87. The molecule has 2 N–H and O–H groups in total. The predicted octanol–water partition coefficient (Wildman–Crippen LogP) is 7.01. The van der Waals surface area contributed by atoms with Crippen LogP contribution in [0.1, 0.15) is 39.2 Å². The molecule has 0 aliphatic carbocycles. The third-order valence-corrected chi connectivity index (χ3v) is 6.45. The quantitative estimate of drug-likeness (QED) is 0.386. The van der Waals surface area contributed by atoms with Crippen LogP contribution in [0.25, 0.3) is 11.0 Å². The van der Waals surface area contributed by atoms with Crippen LogP contribution in [-0.4, -0.2) is 34.8 Å². The number of aromatic nitrogens is 2. The molecule has 9 heteroatoms. The van der Waals surface area contributed by atoms with Crippen LogP contribution in [0.4, 0.5) is 26.1 Å². The van der Waals surface area contributed by atoms with E-state index >= 15 is 0 Å². The second-order valence-corrected chi connectivity index (χ2v) is 10.4. The largest absolute Gasteiger partial charge is 0.364 e. The smallest absolute Gasteiger partial charge is 0.266 e. The van der Waals surface area contributed by atoms with Gasteiger partial charge >= 0.3 is 0 Å². The summed E-state index contributed by atoms with van der Waals surface area (Å²) in [7, 11) is 0. The van der Waals surface area contributed by atoms with Crippen LogP contribution in [-0.2, 0) is 11.2 Å². The third-order valence-electron chi connectivity index (χ3n) is 5.82. The van der Waals surface area contributed by atoms with Crippen molar-refractivity contribution in [3.05, 3.63) is 45.9 Å². The first kappa shape index (κ1) is 23.8. The molecule has 0 saturated carbocycles. The zero-order valence-electron chi connectivity index (χ0n) is 18.7. The minimum Gasteiger partial charge on any atom is -0.364 e. The standard InChI is InChI=1S/C24H26Cl2F2N4O/c1-23(2,3)21(33)7-5-14-4-6-15(25)17(10-14)29-22-30-18-11-16(26)20(12-19(18)31-22)32-9-8-24(27,28)13-32/h4,6,10-12H,5,7-9,13H2,1-3H3,(H2,29,30,31). The van der Waals surface area contributed by atoms with E-state index in [9.17, 15) is 13.6 Å². The highest BCUT2D eigenvalue weighted by molar-refractivity contribution is 6.34. The maximum Gasteiger partial charge on any atom is 0.266 e. The van der Waals surface area contributed by atoms with Gasteiger partial charge in [0.1, 0.15) is 5.78 Å². The summed E-state index contributed by atoms with van der Waals surface area (Å²) in [6.07, 6.45) is 0.873. The lowest BCUT2D eigenvalue weighted by Crippen LogP contribution is -2.25. The summed E-state index contributed by atoms with van der Waals surface area (Å²) in [5, 5.41) is 4.08. The number of rotatable bonds is 6. The number of Topliss-reactive ketones (excluding diaryl/α,β-unsaturated/α-hetero) is 1. The summed E-state index contributed by atoms with van der Waals surface area (Å²) in [6.45, 7) is 5.64. The number of aryl methyl sites for hydroxylation is 1. The minimum absolute atomic E-state index is 0.190. The number of carbonyl (C=O) groups excluding carboxylic acids is 1. The van der Waals surface area contributed by atoms with Gasteiger partial charge in [0.05, 0.1) is 39.0 Å². The van der Waals surface area contributed by atoms with Gasteiger partial charge in [-0.3, -0.25) is 4.79 Å². The number of fused-ring (bicyclic) bond motifs is 1. The monoisotopic (exact) mass is 494 g/mol. The molecule has 5 nitrogen and oxygen atoms in total. The highest BCUT2D eigenvalue weighted by Crippen LogP contribution is 2.37. The van der Waals surface area contributed by atoms with E-state index in [-0.39, 0.29) is 30.7 Å². The fourth-order valence-electron chi connectivity index (χ4n) is 3.85. The van der Waals surface area contributed by atoms with Crippen molar-refractivity contribution in [3.8, 4) is 0 Å². The Balaban J connectivity index is 1.53. The van der Waals surface area contributed by atoms with Gasteiger partial charge in [0.25, 0.3) is 5.92 Å². The third kappa shape index (κ3) is 5.41. The first-order chi connectivity index (χ1) is 15.4. The van der Waals surface area contributed by atoms with Crippen LogP contribution in [0.5, 0.6) is 0 Å². The van der Waals surface area contributed by atoms with Crippen LogP contribution in [0.2, 0.25) is 10.0 Å². The minimum atomic E-state index is -2.71. The molecule has 0 atom stereocenters. The molecule has 1 fully saturated rings. The van der Waals surface area contributed by atoms with Gasteiger partial charge in [-0.25, -0.2) is 13.8 Å². The number of benzene rings is 2. The van der Waals surface area contributed by atoms with E-state index in [4.69, 9.17) is 23.2 Å². The SMILES string of the molecule is CC(C)(C)C(=O)CCc1ccc(Cl)c(Nc2nc3cc(N4CCC(F)(F)C4)c(Cl)cc3[nH]2)c1. The molecule has 0 spiro atoms. The van der Waals surface area contributed by atoms with Gasteiger partial charge in [-0.2, -0.15) is 0 Å². The molecule has 1 aromatic heterocycles. The number of carbonyl (C=O) groups is 1. The fourth-order valence-corrected chi connectivity index (χ4v) is 4.29. The van der Waals surface area contributed by atoms with Crippen molar-refractivity contribution in [2.75, 3.05) is 23.3 Å². The Bertz CT molecular complexity index is 1200. The van der Waals surface area contributed by atoms with Gasteiger partial charge in [-0.1, -0.05) is 50.0 Å². The highest BCUT2D eigenvalue weighted by atomic mass is 35.5. The Morgan fingerprint density at radius 3 is 2.64 bits per heavy atom. The Labute approximate surface area is 201 Å². The molecular weight excluding hydrogens is 469 g/mol. The van der Waals surface area contributed by atoms with E-state index < -0.39 is 5.92 Å². The number of halogens is 4. The van der Waals surface area contributed by atoms with Crippen molar-refractivity contribution in [2.24, 2.45) is 5.41 Å². The number of hydrogen-bond donors (Lipinski definition) is 2. The van der Waals surface area contributed by atoms with Gasteiger partial charge in [0.15, 0.2) is 0 Å². The zero-order valence-corrected chi connectivity index (χ0v) is 20.2. The summed E-state index contributed by atoms with van der Waals surface area (Å²) in [6, 6.07) is 9.00. The van der Waals surface area contributed by atoms with Crippen LogP contribution in [0, 0.1) is 5.41 Å².